The van der Waals surface area contributed by atoms with Crippen molar-refractivity contribution in [2.45, 2.75) is 20.0 Å². The Bertz CT molecular complexity index is 792. The Kier molecular flexibility index (Phi) is 3.71. The lowest BCUT2D eigenvalue weighted by molar-refractivity contribution is 0.103. The van der Waals surface area contributed by atoms with Gasteiger partial charge in [-0.3, -0.25) is 9.78 Å². The molecule has 0 amide bonds. The van der Waals surface area contributed by atoms with E-state index >= 15 is 0 Å². The van der Waals surface area contributed by atoms with Crippen LogP contribution in [0.2, 0.25) is 0 Å². The fourth-order valence-corrected chi connectivity index (χ4v) is 2.90. The zero-order chi connectivity index (χ0) is 14.8. The van der Waals surface area contributed by atoms with Crippen LogP contribution in [0, 0.1) is 0 Å². The Labute approximate surface area is 127 Å². The van der Waals surface area contributed by atoms with E-state index in [4.69, 9.17) is 4.74 Å². The summed E-state index contributed by atoms with van der Waals surface area (Å²) in [5.74, 6) is 0.674. The van der Waals surface area contributed by atoms with Gasteiger partial charge in [0.1, 0.15) is 5.75 Å². The number of carbonyl (C=O) groups excluding carboxylic acids is 1. The van der Waals surface area contributed by atoms with Gasteiger partial charge in [0.05, 0.1) is 16.3 Å². The molecule has 0 unspecified atom stereocenters. The van der Waals surface area contributed by atoms with Crippen LogP contribution in [0.4, 0.5) is 0 Å². The number of aromatic nitrogens is 1. The minimum absolute atomic E-state index is 0.0352. The number of rotatable bonds is 4. The van der Waals surface area contributed by atoms with E-state index in [0.717, 1.165) is 10.2 Å². The molecule has 0 radical (unpaired) electrons. The van der Waals surface area contributed by atoms with Gasteiger partial charge in [-0.05, 0) is 43.5 Å². The van der Waals surface area contributed by atoms with Gasteiger partial charge in [0.25, 0.3) is 0 Å². The van der Waals surface area contributed by atoms with Crippen molar-refractivity contribution in [2.24, 2.45) is 0 Å². The van der Waals surface area contributed by atoms with E-state index in [-0.39, 0.29) is 11.9 Å². The normalized spacial score (nSPS) is 11.0. The van der Waals surface area contributed by atoms with Crippen molar-refractivity contribution in [2.75, 3.05) is 0 Å². The molecule has 0 fully saturated rings. The van der Waals surface area contributed by atoms with Gasteiger partial charge >= 0.3 is 0 Å². The van der Waals surface area contributed by atoms with Crippen LogP contribution in [0.3, 0.4) is 0 Å². The number of ether oxygens (including phenoxy) is 1. The van der Waals surface area contributed by atoms with Gasteiger partial charge in [0.15, 0.2) is 5.78 Å². The van der Waals surface area contributed by atoms with Crippen molar-refractivity contribution in [3.05, 3.63) is 59.1 Å². The Morgan fingerprint density at radius 3 is 2.86 bits per heavy atom. The number of nitrogens with zero attached hydrogens (tertiary/aromatic N) is 1. The molecule has 2 aromatic heterocycles. The first-order valence-electron chi connectivity index (χ1n) is 6.78. The van der Waals surface area contributed by atoms with Gasteiger partial charge in [0.2, 0.25) is 0 Å². The van der Waals surface area contributed by atoms with Gasteiger partial charge in [-0.2, -0.15) is 0 Å². The molecule has 0 aliphatic heterocycles. The number of carbonyl (C=O) groups is 1. The molecule has 0 saturated heterocycles. The van der Waals surface area contributed by atoms with E-state index in [2.05, 4.69) is 4.98 Å². The Morgan fingerprint density at radius 1 is 1.19 bits per heavy atom. The van der Waals surface area contributed by atoms with E-state index < -0.39 is 0 Å². The summed E-state index contributed by atoms with van der Waals surface area (Å²) in [6.07, 6.45) is 1.72. The minimum atomic E-state index is -0.0352. The molecule has 3 rings (SSSR count). The SMILES string of the molecule is CC(C)Oc1cccc(C(=O)c2cnc3ccsc3c2)c1. The third-order valence-corrected chi connectivity index (χ3v) is 3.89. The standard InChI is InChI=1S/C17H15NO2S/c1-11(2)20-14-5-3-4-12(8-14)17(19)13-9-16-15(18-10-13)6-7-21-16/h3-11H,1-2H3. The highest BCUT2D eigenvalue weighted by molar-refractivity contribution is 7.17. The van der Waals surface area contributed by atoms with Crippen molar-refractivity contribution in [3.63, 3.8) is 0 Å². The molecule has 0 saturated carbocycles. The molecule has 106 valence electrons. The van der Waals surface area contributed by atoms with E-state index in [0.29, 0.717) is 16.9 Å². The van der Waals surface area contributed by atoms with E-state index in [1.54, 1.807) is 29.7 Å². The van der Waals surface area contributed by atoms with Crippen LogP contribution in [0.5, 0.6) is 5.75 Å². The van der Waals surface area contributed by atoms with Gasteiger partial charge in [-0.1, -0.05) is 12.1 Å². The molecule has 3 nitrogen and oxygen atoms in total. The Morgan fingerprint density at radius 2 is 2.05 bits per heavy atom. The first-order valence-corrected chi connectivity index (χ1v) is 7.66. The van der Waals surface area contributed by atoms with Crippen LogP contribution >= 0.6 is 11.3 Å². The largest absolute Gasteiger partial charge is 0.491 e. The molecular formula is C17H15NO2S. The maximum atomic E-state index is 12.6. The molecule has 4 heteroatoms. The van der Waals surface area contributed by atoms with Crippen molar-refractivity contribution in [1.29, 1.82) is 0 Å². The summed E-state index contributed by atoms with van der Waals surface area (Å²) in [6.45, 7) is 3.92. The van der Waals surface area contributed by atoms with Crippen LogP contribution in [0.15, 0.2) is 48.0 Å². The lowest BCUT2D eigenvalue weighted by atomic mass is 10.0. The number of fused-ring (bicyclic) bond motifs is 1. The molecule has 0 spiro atoms. The number of thiophene rings is 1. The topological polar surface area (TPSA) is 39.2 Å². The predicted molar refractivity (Wildman–Crippen MR) is 85.3 cm³/mol. The average Bonchev–Trinajstić information content (AvgIpc) is 2.93. The van der Waals surface area contributed by atoms with Gasteiger partial charge in [0, 0.05) is 17.3 Å². The van der Waals surface area contributed by atoms with Gasteiger partial charge in [-0.25, -0.2) is 0 Å². The quantitative estimate of drug-likeness (QED) is 0.673. The third kappa shape index (κ3) is 2.95. The predicted octanol–water partition coefficient (Wildman–Crippen LogP) is 4.31. The second-order valence-electron chi connectivity index (χ2n) is 5.05. The second kappa shape index (κ2) is 5.66. The zero-order valence-electron chi connectivity index (χ0n) is 11.9. The smallest absolute Gasteiger partial charge is 0.194 e. The summed E-state index contributed by atoms with van der Waals surface area (Å²) in [6, 6.07) is 11.1. The molecule has 1 aromatic carbocycles. The molecule has 0 atom stereocenters. The number of hydrogen-bond acceptors (Lipinski definition) is 4. The molecule has 3 aromatic rings. The van der Waals surface area contributed by atoms with Crippen molar-refractivity contribution in [1.82, 2.24) is 4.98 Å². The summed E-state index contributed by atoms with van der Waals surface area (Å²) >= 11 is 1.59. The number of pyridine rings is 1. The Hall–Kier alpha value is -2.20. The van der Waals surface area contributed by atoms with Crippen molar-refractivity contribution in [3.8, 4) is 5.75 Å². The van der Waals surface area contributed by atoms with Gasteiger partial charge in [-0.15, -0.1) is 11.3 Å². The highest BCUT2D eigenvalue weighted by Crippen LogP contribution is 2.22. The first-order chi connectivity index (χ1) is 10.1. The van der Waals surface area contributed by atoms with E-state index in [9.17, 15) is 4.79 Å². The van der Waals surface area contributed by atoms with E-state index in [1.807, 2.05) is 43.5 Å². The van der Waals surface area contributed by atoms with Crippen molar-refractivity contribution >= 4 is 27.3 Å². The molecule has 0 N–H and O–H groups in total. The second-order valence-corrected chi connectivity index (χ2v) is 6.00. The van der Waals surface area contributed by atoms with Crippen LogP contribution in [-0.2, 0) is 0 Å². The van der Waals surface area contributed by atoms with Crippen LogP contribution in [0.25, 0.3) is 10.2 Å². The van der Waals surface area contributed by atoms with E-state index in [1.165, 1.54) is 0 Å². The minimum Gasteiger partial charge on any atom is -0.491 e. The fraction of sp³-hybridized carbons (Fsp3) is 0.176. The van der Waals surface area contributed by atoms with Crippen molar-refractivity contribution < 1.29 is 9.53 Å². The fourth-order valence-electron chi connectivity index (χ4n) is 2.12. The third-order valence-electron chi connectivity index (χ3n) is 3.03. The molecule has 21 heavy (non-hydrogen) atoms. The number of hydrogen-bond donors (Lipinski definition) is 0. The molecule has 0 aliphatic rings. The summed E-state index contributed by atoms with van der Waals surface area (Å²) < 4.78 is 6.66. The average molecular weight is 297 g/mol. The zero-order valence-corrected chi connectivity index (χ0v) is 12.7. The first kappa shape index (κ1) is 13.8. The molecule has 0 aliphatic carbocycles. The highest BCUT2D eigenvalue weighted by Gasteiger charge is 2.12. The summed E-state index contributed by atoms with van der Waals surface area (Å²) in [7, 11) is 0. The number of benzene rings is 1. The monoisotopic (exact) mass is 297 g/mol. The summed E-state index contributed by atoms with van der Waals surface area (Å²) in [4.78, 5) is 16.9. The molecular weight excluding hydrogens is 282 g/mol. The molecule has 2 heterocycles. The lowest BCUT2D eigenvalue weighted by Crippen LogP contribution is -2.07. The maximum Gasteiger partial charge on any atom is 0.194 e. The number of ketones is 1. The lowest BCUT2D eigenvalue weighted by Gasteiger charge is -2.10. The highest BCUT2D eigenvalue weighted by atomic mass is 32.1. The van der Waals surface area contributed by atoms with Crippen LogP contribution in [0.1, 0.15) is 29.8 Å². The van der Waals surface area contributed by atoms with Crippen LogP contribution < -0.4 is 4.74 Å². The summed E-state index contributed by atoms with van der Waals surface area (Å²) in [5, 5.41) is 1.98. The maximum absolute atomic E-state index is 12.6. The Balaban J connectivity index is 1.93. The molecule has 0 bridgehead atoms. The van der Waals surface area contributed by atoms with Crippen LogP contribution in [-0.4, -0.2) is 16.9 Å². The van der Waals surface area contributed by atoms with Gasteiger partial charge < -0.3 is 4.74 Å². The summed E-state index contributed by atoms with van der Waals surface area (Å²) in [5.41, 5.74) is 2.14.